The van der Waals surface area contributed by atoms with E-state index < -0.39 is 0 Å². The molecule has 6 heteroatoms. The molecule has 0 saturated heterocycles. The number of halogens is 3. The number of hydrogen-bond acceptors (Lipinski definition) is 2. The second-order valence-electron chi connectivity index (χ2n) is 1.31. The third kappa shape index (κ3) is 25.6. The Bertz CT molecular complexity index is 48.8. The van der Waals surface area contributed by atoms with E-state index in [1.54, 1.807) is 11.8 Å². The Balaban J connectivity index is -0.0000000417. The third-order valence-electron chi connectivity index (χ3n) is 0.424. The summed E-state index contributed by atoms with van der Waals surface area (Å²) in [5.41, 5.74) is 5.54. The summed E-state index contributed by atoms with van der Waals surface area (Å²) in [6, 6.07) is 0. The number of thioether (sulfide) groups is 1. The monoisotopic (exact) mass is 315 g/mol. The van der Waals surface area contributed by atoms with Gasteiger partial charge in [-0.1, -0.05) is 0 Å². The molecule has 0 rings (SSSR count). The Morgan fingerprint density at radius 3 is 1.44 bits per heavy atom. The van der Waals surface area contributed by atoms with Crippen LogP contribution in [0.25, 0.3) is 0 Å². The van der Waals surface area contributed by atoms with Gasteiger partial charge in [-0.3, -0.25) is 0 Å². The van der Waals surface area contributed by atoms with Crippen molar-refractivity contribution in [2.45, 2.75) is 9.81 Å². The maximum Gasteiger partial charge on any atom is -1.00 e. The van der Waals surface area contributed by atoms with E-state index in [0.29, 0.717) is 0 Å². The summed E-state index contributed by atoms with van der Waals surface area (Å²) < 4.78 is 0.0483. The predicted octanol–water partition coefficient (Wildman–Crippen LogP) is -8.84. The molecule has 1 atom stereocenters. The molecule has 1 unspecified atom stereocenters. The largest absolute Gasteiger partial charge is 1.00 e. The quantitative estimate of drug-likeness (QED) is 0.384. The van der Waals surface area contributed by atoms with Gasteiger partial charge in [0.2, 0.25) is 0 Å². The standard InChI is InChI=1S/C3H8NS.3ClH.Sn/c1-3(4)5-2;;;;/h4H2,1-2H3;3*1H;/q;;;;+3/p-3. The van der Waals surface area contributed by atoms with Crippen molar-refractivity contribution in [3.63, 3.8) is 0 Å². The first-order valence-corrected chi connectivity index (χ1v) is 4.30. The Morgan fingerprint density at radius 1 is 1.33 bits per heavy atom. The van der Waals surface area contributed by atoms with Gasteiger partial charge in [-0.05, 0) is 0 Å². The van der Waals surface area contributed by atoms with Gasteiger partial charge in [-0.25, -0.2) is 0 Å². The minimum Gasteiger partial charge on any atom is -1.00 e. The molecule has 0 aromatic heterocycles. The van der Waals surface area contributed by atoms with Crippen molar-refractivity contribution < 1.29 is 37.2 Å². The summed E-state index contributed by atoms with van der Waals surface area (Å²) in [6.45, 7) is 2.02. The minimum atomic E-state index is 0. The molecule has 0 radical (unpaired) electrons. The minimum absolute atomic E-state index is 0. The normalized spacial score (nSPS) is 13.4. The maximum absolute atomic E-state index is 5.54. The first-order valence-electron chi connectivity index (χ1n) is 1.65. The van der Waals surface area contributed by atoms with Crippen LogP contribution in [0.1, 0.15) is 6.92 Å². The summed E-state index contributed by atoms with van der Waals surface area (Å²) in [5.74, 6) is 0. The zero-order valence-electron chi connectivity index (χ0n) is 5.12. The van der Waals surface area contributed by atoms with Crippen molar-refractivity contribution in [2.75, 3.05) is 6.26 Å². The second kappa shape index (κ2) is 9.98. The van der Waals surface area contributed by atoms with E-state index in [-0.39, 0.29) is 40.1 Å². The van der Waals surface area contributed by atoms with Gasteiger partial charge in [-0.2, -0.15) is 0 Å². The zero-order chi connectivity index (χ0) is 5.21. The molecule has 1 nitrogen and oxygen atoms in total. The van der Waals surface area contributed by atoms with Crippen LogP contribution in [0, 0.1) is 0 Å². The first kappa shape index (κ1) is 22.4. The number of rotatable bonds is 1. The van der Waals surface area contributed by atoms with Gasteiger partial charge >= 0.3 is 56.1 Å². The van der Waals surface area contributed by atoms with Gasteiger partial charge in [0.1, 0.15) is 0 Å². The average Bonchev–Trinajstić information content (AvgIpc) is 1.35. The molecule has 0 aliphatic rings. The van der Waals surface area contributed by atoms with Crippen LogP contribution in [0.4, 0.5) is 0 Å². The van der Waals surface area contributed by atoms with Gasteiger partial charge in [-0.15, -0.1) is 0 Å². The Kier molecular flexibility index (Phi) is 24.9. The molecule has 0 bridgehead atoms. The molecule has 0 aliphatic heterocycles. The number of hydrogen-bond donors (Lipinski definition) is 1. The molecule has 0 aromatic carbocycles. The van der Waals surface area contributed by atoms with Gasteiger partial charge in [0.15, 0.2) is 0 Å². The van der Waals surface area contributed by atoms with Crippen molar-refractivity contribution in [3.05, 3.63) is 0 Å². The van der Waals surface area contributed by atoms with E-state index in [1.807, 2.05) is 13.2 Å². The van der Waals surface area contributed by atoms with Gasteiger partial charge in [0.05, 0.1) is 0 Å². The molecular weight excluding hydrogens is 307 g/mol. The van der Waals surface area contributed by atoms with Gasteiger partial charge < -0.3 is 37.2 Å². The van der Waals surface area contributed by atoms with E-state index in [1.165, 1.54) is 22.5 Å². The third-order valence-corrected chi connectivity index (χ3v) is 3.02. The van der Waals surface area contributed by atoms with Crippen LogP contribution in [0.2, 0.25) is 0 Å². The second-order valence-corrected chi connectivity index (χ2v) is 6.57. The molecule has 0 spiro atoms. The SMILES string of the molecule is CS[C](C)(N)[Sn+3].[Cl-].[Cl-].[Cl-]. The van der Waals surface area contributed by atoms with Crippen molar-refractivity contribution in [1.29, 1.82) is 0 Å². The van der Waals surface area contributed by atoms with Crippen molar-refractivity contribution in [1.82, 2.24) is 0 Å². The Hall–Kier alpha value is 1.98. The summed E-state index contributed by atoms with van der Waals surface area (Å²) >= 11 is 3.09. The predicted molar refractivity (Wildman–Crippen MR) is 31.9 cm³/mol. The molecule has 0 fully saturated rings. The van der Waals surface area contributed by atoms with Gasteiger partial charge in [0.25, 0.3) is 0 Å². The van der Waals surface area contributed by atoms with E-state index in [4.69, 9.17) is 5.73 Å². The molecule has 0 saturated carbocycles. The van der Waals surface area contributed by atoms with Crippen LogP contribution < -0.4 is 43.0 Å². The van der Waals surface area contributed by atoms with Crippen molar-refractivity contribution in [2.24, 2.45) is 5.73 Å². The fourth-order valence-corrected chi connectivity index (χ4v) is 0. The van der Waals surface area contributed by atoms with E-state index in [9.17, 15) is 0 Å². The van der Waals surface area contributed by atoms with Crippen molar-refractivity contribution in [3.8, 4) is 0 Å². The summed E-state index contributed by atoms with van der Waals surface area (Å²) in [5, 5.41) is 0. The van der Waals surface area contributed by atoms with E-state index >= 15 is 0 Å². The molecule has 0 amide bonds. The van der Waals surface area contributed by atoms with Crippen LogP contribution in [0.5, 0.6) is 0 Å². The molecule has 0 aliphatic carbocycles. The maximum atomic E-state index is 5.54. The molecule has 0 heterocycles. The van der Waals surface area contributed by atoms with E-state index in [2.05, 4.69) is 0 Å². The molecular formula is C3H8Cl3NSSn. The number of nitrogens with two attached hydrogens (primary N) is 1. The van der Waals surface area contributed by atoms with Crippen LogP contribution in [-0.2, 0) is 0 Å². The molecule has 9 heavy (non-hydrogen) atoms. The van der Waals surface area contributed by atoms with Crippen LogP contribution in [0.15, 0.2) is 0 Å². The first-order chi connectivity index (χ1) is 2.56. The fourth-order valence-electron chi connectivity index (χ4n) is 0. The van der Waals surface area contributed by atoms with Crippen LogP contribution >= 0.6 is 11.8 Å². The van der Waals surface area contributed by atoms with E-state index in [0.717, 1.165) is 0 Å². The fraction of sp³-hybridized carbons (Fsp3) is 1.00. The molecule has 2 N–H and O–H groups in total. The Labute approximate surface area is 92.6 Å². The smallest absolute Gasteiger partial charge is 1.00 e. The Morgan fingerprint density at radius 2 is 1.44 bits per heavy atom. The zero-order valence-corrected chi connectivity index (χ0v) is 11.1. The topological polar surface area (TPSA) is 26.0 Å². The van der Waals surface area contributed by atoms with Crippen LogP contribution in [-0.4, -0.2) is 31.7 Å². The molecule has 0 aromatic rings. The van der Waals surface area contributed by atoms with Gasteiger partial charge in [0, 0.05) is 0 Å². The van der Waals surface area contributed by atoms with Crippen molar-refractivity contribution >= 4 is 34.3 Å². The average molecular weight is 315 g/mol. The summed E-state index contributed by atoms with van der Waals surface area (Å²) in [6.07, 6.45) is 2.02. The summed E-state index contributed by atoms with van der Waals surface area (Å²) in [7, 11) is 0. The molecule has 56 valence electrons. The summed E-state index contributed by atoms with van der Waals surface area (Å²) in [4.78, 5) is 0. The van der Waals surface area contributed by atoms with Crippen LogP contribution in [0.3, 0.4) is 0 Å².